The largest absolute Gasteiger partial charge is 0.310 e. The van der Waals surface area contributed by atoms with Crippen molar-refractivity contribution < 1.29 is 0 Å². The maximum absolute atomic E-state index is 4.35. The molecule has 7 rings (SSSR count). The Kier molecular flexibility index (Phi) is 20.0. The summed E-state index contributed by atoms with van der Waals surface area (Å²) in [4.78, 5) is 0. The quantitative estimate of drug-likeness (QED) is 0.0870. The van der Waals surface area contributed by atoms with Crippen LogP contribution >= 0.6 is 0 Å². The van der Waals surface area contributed by atoms with E-state index in [1.165, 1.54) is 89.1 Å². The van der Waals surface area contributed by atoms with Crippen LogP contribution in [0.5, 0.6) is 0 Å². The van der Waals surface area contributed by atoms with Crippen LogP contribution in [0.25, 0.3) is 33.8 Å². The lowest BCUT2D eigenvalue weighted by molar-refractivity contribution is 0.655. The highest BCUT2D eigenvalue weighted by Gasteiger charge is 2.39. The van der Waals surface area contributed by atoms with Crippen LogP contribution in [0, 0.1) is 11.8 Å². The van der Waals surface area contributed by atoms with E-state index in [1.54, 1.807) is 0 Å². The highest BCUT2D eigenvalue weighted by molar-refractivity contribution is 5.91. The molecule has 0 aliphatic heterocycles. The zero-order valence-electron chi connectivity index (χ0n) is 43.8. The third-order valence-electron chi connectivity index (χ3n) is 14.0. The van der Waals surface area contributed by atoms with Crippen molar-refractivity contribution in [3.63, 3.8) is 0 Å². The summed E-state index contributed by atoms with van der Waals surface area (Å²) in [5, 5.41) is 1.36. The van der Waals surface area contributed by atoms with Crippen LogP contribution in [0.1, 0.15) is 149 Å². The van der Waals surface area contributed by atoms with Crippen molar-refractivity contribution >= 4 is 28.1 Å². The molecule has 0 amide bonds. The lowest BCUT2D eigenvalue weighted by Gasteiger charge is -2.39. The minimum atomic E-state index is -0.442. The number of nitrogens with zero attached hydrogens (tertiary/aromatic N) is 1. The molecule has 0 saturated carbocycles. The van der Waals surface area contributed by atoms with Crippen molar-refractivity contribution in [1.82, 2.24) is 4.57 Å². The molecule has 0 radical (unpaired) electrons. The summed E-state index contributed by atoms with van der Waals surface area (Å²) in [6, 6.07) is 39.0. The molecule has 0 bridgehead atoms. The van der Waals surface area contributed by atoms with Crippen LogP contribution in [-0.2, 0) is 11.8 Å². The summed E-state index contributed by atoms with van der Waals surface area (Å²) in [5.74, 6) is 0.570. The third kappa shape index (κ3) is 10.9. The number of fused-ring (bicyclic) bond motifs is 3. The van der Waals surface area contributed by atoms with E-state index in [9.17, 15) is 0 Å². The molecule has 68 heavy (non-hydrogen) atoms. The topological polar surface area (TPSA) is 4.93 Å². The van der Waals surface area contributed by atoms with Gasteiger partial charge in [-0.2, -0.15) is 0 Å². The van der Waals surface area contributed by atoms with Crippen molar-refractivity contribution in [1.29, 1.82) is 0 Å². The molecule has 0 fully saturated rings. The Morgan fingerprint density at radius 2 is 1.44 bits per heavy atom. The molecular weight excluding hydrogens is 819 g/mol. The Morgan fingerprint density at radius 3 is 2.09 bits per heavy atom. The van der Waals surface area contributed by atoms with Gasteiger partial charge in [-0.1, -0.05) is 230 Å². The van der Waals surface area contributed by atoms with Gasteiger partial charge in [-0.25, -0.2) is 0 Å². The molecule has 3 unspecified atom stereocenters. The molecule has 2 aliphatic carbocycles. The van der Waals surface area contributed by atoms with Gasteiger partial charge in [0.25, 0.3) is 0 Å². The number of allylic oxidation sites excluding steroid dienone is 18. The predicted molar refractivity (Wildman–Crippen MR) is 304 cm³/mol. The molecule has 354 valence electrons. The fourth-order valence-corrected chi connectivity index (χ4v) is 10.4. The first-order chi connectivity index (χ1) is 33.2. The van der Waals surface area contributed by atoms with Gasteiger partial charge in [-0.05, 0) is 147 Å². The first-order valence-electron chi connectivity index (χ1n) is 25.9. The van der Waals surface area contributed by atoms with Crippen LogP contribution < -0.4 is 0 Å². The molecule has 1 heterocycles. The highest BCUT2D eigenvalue weighted by Crippen LogP contribution is 2.49. The second kappa shape index (κ2) is 25.8. The van der Waals surface area contributed by atoms with Gasteiger partial charge in [0, 0.05) is 22.7 Å². The van der Waals surface area contributed by atoms with Gasteiger partial charge in [0.15, 0.2) is 0 Å². The zero-order chi connectivity index (χ0) is 49.2. The molecular formula is C67H81N. The number of aryl methyl sites for hydroxylation is 1. The molecule has 1 aromatic heterocycles. The molecule has 4 aromatic carbocycles. The average molecular weight is 900 g/mol. The zero-order valence-corrected chi connectivity index (χ0v) is 43.8. The van der Waals surface area contributed by atoms with Crippen LogP contribution in [0.3, 0.4) is 0 Å². The molecule has 1 heteroatoms. The first-order valence-corrected chi connectivity index (χ1v) is 25.9. The molecule has 2 aliphatic rings. The van der Waals surface area contributed by atoms with Crippen LogP contribution in [0.15, 0.2) is 204 Å². The maximum atomic E-state index is 4.35. The van der Waals surface area contributed by atoms with Crippen molar-refractivity contribution in [3.8, 4) is 5.69 Å². The Balaban J connectivity index is 0.00000210. The van der Waals surface area contributed by atoms with Gasteiger partial charge >= 0.3 is 0 Å². The number of hydrogen-bond donors (Lipinski definition) is 0. The summed E-state index contributed by atoms with van der Waals surface area (Å²) in [6.07, 6.45) is 33.3. The van der Waals surface area contributed by atoms with Gasteiger partial charge < -0.3 is 4.57 Å². The lowest BCUT2D eigenvalue weighted by atomic mass is 9.63. The van der Waals surface area contributed by atoms with E-state index >= 15 is 0 Å². The smallest absolute Gasteiger partial charge is 0.0624 e. The molecule has 0 spiro atoms. The number of benzene rings is 4. The number of para-hydroxylation sites is 1. The third-order valence-corrected chi connectivity index (χ3v) is 14.0. The second-order valence-electron chi connectivity index (χ2n) is 17.7. The monoisotopic (exact) mass is 900 g/mol. The fourth-order valence-electron chi connectivity index (χ4n) is 10.4. The van der Waals surface area contributed by atoms with Crippen molar-refractivity contribution in [2.24, 2.45) is 11.8 Å². The Hall–Kier alpha value is -6.18. The summed E-state index contributed by atoms with van der Waals surface area (Å²) < 4.78 is 2.45. The van der Waals surface area contributed by atoms with Crippen molar-refractivity contribution in [2.45, 2.75) is 127 Å². The van der Waals surface area contributed by atoms with Crippen molar-refractivity contribution in [3.05, 3.63) is 238 Å². The molecule has 3 atom stereocenters. The van der Waals surface area contributed by atoms with Gasteiger partial charge in [0.2, 0.25) is 0 Å². The van der Waals surface area contributed by atoms with E-state index in [4.69, 9.17) is 0 Å². The number of hydrogen-bond acceptors (Lipinski definition) is 0. The summed E-state index contributed by atoms with van der Waals surface area (Å²) in [6.45, 7) is 30.6. The van der Waals surface area contributed by atoms with E-state index in [-0.39, 0.29) is 5.92 Å². The molecule has 5 aromatic rings. The lowest BCUT2D eigenvalue weighted by Crippen LogP contribution is -2.32. The summed E-state index contributed by atoms with van der Waals surface area (Å²) in [5.41, 5.74) is 19.3. The van der Waals surface area contributed by atoms with E-state index in [0.717, 1.165) is 38.5 Å². The van der Waals surface area contributed by atoms with Gasteiger partial charge in [0.1, 0.15) is 0 Å². The Morgan fingerprint density at radius 1 is 0.779 bits per heavy atom. The van der Waals surface area contributed by atoms with Crippen LogP contribution in [0.4, 0.5) is 0 Å². The van der Waals surface area contributed by atoms with E-state index < -0.39 is 5.41 Å². The Labute approximate surface area is 413 Å². The highest BCUT2D eigenvalue weighted by atomic mass is 15.0. The standard InChI is InChI=1S/C63H69N.2C2H6/c1-10-15-18-27-47(8)63(51(14-5)28-16-11-2,52-29-19-17-20-30-52)53-41-37-50(38-42-53)62(48(9)45(6)12-3)58-34-22-21-33-57(58)61(46(7)13-4)49-39-43-54(44-40-49)64-59-35-25-23-31-55(59)56-32-24-26-36-60(56)64;2*1-2/h11,13,15-23,25-31,34-45,57H,4,10,12,14,24,32-33H2,1-3,5-9H3;2*1-2H3/b16-11-,18-15?,47-27+,51-28+,61-46+,62-48+;;. The maximum Gasteiger partial charge on any atom is 0.0624 e. The molecule has 0 saturated heterocycles. The van der Waals surface area contributed by atoms with E-state index in [0.29, 0.717) is 5.92 Å². The average Bonchev–Trinajstić information content (AvgIpc) is 3.74. The molecule has 0 N–H and O–H groups in total. The van der Waals surface area contributed by atoms with Crippen molar-refractivity contribution in [2.75, 3.05) is 0 Å². The van der Waals surface area contributed by atoms with E-state index in [2.05, 4.69) is 243 Å². The molecule has 1 nitrogen and oxygen atoms in total. The SMILES string of the molecule is C=C/C(C)=C(\c1ccc(-n2c3c(c4ccccc42)CCC=C3)cc1)C1CC=CC=C1/C(=C(\C)C(C)CC)c1ccc(C(/C(C)=C/C=CCC)(/C(=C/C=C\C)CC)c2ccccc2)cc1.CC.CC. The Bertz CT molecular complexity index is 2730. The second-order valence-corrected chi connectivity index (χ2v) is 17.7. The van der Waals surface area contributed by atoms with Gasteiger partial charge in [-0.3, -0.25) is 0 Å². The predicted octanol–water partition coefficient (Wildman–Crippen LogP) is 19.7. The van der Waals surface area contributed by atoms with Gasteiger partial charge in [-0.15, -0.1) is 0 Å². The fraction of sp³-hybridized carbons (Fsp3) is 0.313. The van der Waals surface area contributed by atoms with Crippen LogP contribution in [-0.4, -0.2) is 4.57 Å². The normalized spacial score (nSPS) is 17.0. The number of rotatable bonds is 16. The number of aromatic nitrogens is 1. The minimum Gasteiger partial charge on any atom is -0.310 e. The summed E-state index contributed by atoms with van der Waals surface area (Å²) >= 11 is 0. The van der Waals surface area contributed by atoms with Gasteiger partial charge in [0.05, 0.1) is 10.9 Å². The van der Waals surface area contributed by atoms with Crippen LogP contribution in [0.2, 0.25) is 0 Å². The minimum absolute atomic E-state index is 0.153. The summed E-state index contributed by atoms with van der Waals surface area (Å²) in [7, 11) is 0. The van der Waals surface area contributed by atoms with E-state index in [1.807, 2.05) is 27.7 Å². The first kappa shape index (κ1) is 52.8.